The predicted molar refractivity (Wildman–Crippen MR) is 88.8 cm³/mol. The Morgan fingerprint density at radius 1 is 1.04 bits per heavy atom. The molecule has 1 heterocycles. The van der Waals surface area contributed by atoms with Crippen LogP contribution in [-0.2, 0) is 14.2 Å². The summed E-state index contributed by atoms with van der Waals surface area (Å²) in [5.41, 5.74) is 0. The van der Waals surface area contributed by atoms with Gasteiger partial charge in [0.2, 0.25) is 0 Å². The van der Waals surface area contributed by atoms with Crippen molar-refractivity contribution < 1.29 is 19.0 Å². The molecule has 0 bridgehead atoms. The van der Waals surface area contributed by atoms with Crippen molar-refractivity contribution in [3.8, 4) is 0 Å². The zero-order chi connectivity index (χ0) is 16.7. The molecule has 1 amide bonds. The van der Waals surface area contributed by atoms with Crippen molar-refractivity contribution in [3.63, 3.8) is 0 Å². The van der Waals surface area contributed by atoms with Gasteiger partial charge in [0.15, 0.2) is 0 Å². The number of amides is 1. The number of ether oxygens (including phenoxy) is 3. The summed E-state index contributed by atoms with van der Waals surface area (Å²) in [6, 6.07) is 0.517. The van der Waals surface area contributed by atoms with Crippen LogP contribution >= 0.6 is 0 Å². The molecule has 0 aromatic carbocycles. The molecule has 2 fully saturated rings. The molecule has 1 saturated heterocycles. The molecule has 2 atom stereocenters. The number of nitrogens with zero attached hydrogens (tertiary/aromatic N) is 2. The van der Waals surface area contributed by atoms with Gasteiger partial charge in [0.25, 0.3) is 0 Å². The van der Waals surface area contributed by atoms with E-state index in [9.17, 15) is 4.79 Å². The lowest BCUT2D eigenvalue weighted by atomic mass is 10.0. The largest absolute Gasteiger partial charge is 0.448 e. The first-order chi connectivity index (χ1) is 11.2. The van der Waals surface area contributed by atoms with E-state index in [1.165, 1.54) is 12.8 Å². The third kappa shape index (κ3) is 4.67. The number of carbonyl (C=O) groups excluding carboxylic acids is 1. The fourth-order valence-corrected chi connectivity index (χ4v) is 3.84. The van der Waals surface area contributed by atoms with Crippen molar-refractivity contribution in [2.75, 3.05) is 34.0 Å². The second-order valence-electron chi connectivity index (χ2n) is 6.35. The van der Waals surface area contributed by atoms with Crippen LogP contribution < -0.4 is 0 Å². The van der Waals surface area contributed by atoms with Gasteiger partial charge in [0, 0.05) is 20.1 Å². The van der Waals surface area contributed by atoms with Gasteiger partial charge < -0.3 is 19.1 Å². The van der Waals surface area contributed by atoms with E-state index in [-0.39, 0.29) is 12.1 Å². The lowest BCUT2D eigenvalue weighted by Gasteiger charge is -2.35. The maximum absolute atomic E-state index is 12.0. The van der Waals surface area contributed by atoms with Crippen LogP contribution in [0.4, 0.5) is 4.79 Å². The zero-order valence-electron chi connectivity index (χ0n) is 14.6. The van der Waals surface area contributed by atoms with Crippen molar-refractivity contribution in [3.05, 3.63) is 0 Å². The van der Waals surface area contributed by atoms with Gasteiger partial charge in [-0.15, -0.1) is 0 Å². The fourth-order valence-electron chi connectivity index (χ4n) is 3.84. The Kier molecular flexibility index (Phi) is 7.30. The lowest BCUT2D eigenvalue weighted by molar-refractivity contribution is 0.0999. The highest BCUT2D eigenvalue weighted by Crippen LogP contribution is 2.33. The van der Waals surface area contributed by atoms with E-state index >= 15 is 0 Å². The second kappa shape index (κ2) is 9.23. The Morgan fingerprint density at radius 2 is 1.61 bits per heavy atom. The molecule has 2 rings (SSSR count). The first kappa shape index (κ1) is 18.2. The van der Waals surface area contributed by atoms with Gasteiger partial charge in [-0.2, -0.15) is 4.99 Å². The van der Waals surface area contributed by atoms with Crippen LogP contribution in [0.25, 0.3) is 0 Å². The van der Waals surface area contributed by atoms with Crippen LogP contribution in [-0.4, -0.2) is 63.0 Å². The summed E-state index contributed by atoms with van der Waals surface area (Å²) in [6.07, 6.45) is 6.18. The van der Waals surface area contributed by atoms with Crippen LogP contribution in [0.2, 0.25) is 0 Å². The molecule has 0 aromatic rings. The van der Waals surface area contributed by atoms with E-state index in [1.807, 2.05) is 0 Å². The molecule has 1 aliphatic heterocycles. The van der Waals surface area contributed by atoms with Gasteiger partial charge in [-0.1, -0.05) is 12.8 Å². The van der Waals surface area contributed by atoms with Gasteiger partial charge in [-0.05, 0) is 32.6 Å². The Balaban J connectivity index is 2.26. The highest BCUT2D eigenvalue weighted by atomic mass is 16.5. The minimum Gasteiger partial charge on any atom is -0.448 e. The number of aliphatic imine (C=N–C) groups is 1. The van der Waals surface area contributed by atoms with Crippen LogP contribution in [0.15, 0.2) is 4.99 Å². The molecule has 0 spiro atoms. The van der Waals surface area contributed by atoms with E-state index in [1.54, 1.807) is 21.1 Å². The molecule has 6 heteroatoms. The van der Waals surface area contributed by atoms with Gasteiger partial charge in [-0.3, -0.25) is 0 Å². The highest BCUT2D eigenvalue weighted by molar-refractivity contribution is 5.94. The molecule has 132 valence electrons. The summed E-state index contributed by atoms with van der Waals surface area (Å²) in [7, 11) is 3.44. The first-order valence-corrected chi connectivity index (χ1v) is 8.72. The van der Waals surface area contributed by atoms with Crippen molar-refractivity contribution in [2.45, 2.75) is 57.5 Å². The van der Waals surface area contributed by atoms with Crippen molar-refractivity contribution in [1.82, 2.24) is 4.90 Å². The molecule has 1 aliphatic carbocycles. The maximum Gasteiger partial charge on any atom is 0.435 e. The van der Waals surface area contributed by atoms with Crippen molar-refractivity contribution >= 4 is 11.9 Å². The summed E-state index contributed by atoms with van der Waals surface area (Å²) < 4.78 is 15.9. The lowest BCUT2D eigenvalue weighted by Crippen LogP contribution is -2.47. The Bertz CT molecular complexity index is 393. The molecule has 0 aromatic heterocycles. The predicted octanol–water partition coefficient (Wildman–Crippen LogP) is 2.86. The Labute approximate surface area is 139 Å². The monoisotopic (exact) mass is 326 g/mol. The molecular formula is C17H30N2O4. The molecule has 0 radical (unpaired) electrons. The molecule has 0 N–H and O–H groups in total. The number of carbonyl (C=O) groups is 1. The van der Waals surface area contributed by atoms with Crippen molar-refractivity contribution in [1.29, 1.82) is 0 Å². The minimum absolute atomic E-state index is 0.258. The summed E-state index contributed by atoms with van der Waals surface area (Å²) in [4.78, 5) is 18.7. The summed E-state index contributed by atoms with van der Waals surface area (Å²) >= 11 is 0. The topological polar surface area (TPSA) is 60.4 Å². The Morgan fingerprint density at radius 3 is 2.09 bits per heavy atom. The average molecular weight is 326 g/mol. The molecule has 6 nitrogen and oxygen atoms in total. The zero-order valence-corrected chi connectivity index (χ0v) is 14.6. The van der Waals surface area contributed by atoms with Crippen LogP contribution in [0, 0.1) is 5.92 Å². The number of hydrogen-bond acceptors (Lipinski definition) is 4. The van der Waals surface area contributed by atoms with Crippen LogP contribution in [0.1, 0.15) is 45.4 Å². The van der Waals surface area contributed by atoms with Gasteiger partial charge in [0.1, 0.15) is 5.84 Å². The highest BCUT2D eigenvalue weighted by Gasteiger charge is 2.39. The number of amidine groups is 1. The molecule has 23 heavy (non-hydrogen) atoms. The average Bonchev–Trinajstić information content (AvgIpc) is 3.17. The van der Waals surface area contributed by atoms with Gasteiger partial charge in [0.05, 0.1) is 31.9 Å². The molecular weight excluding hydrogens is 296 g/mol. The van der Waals surface area contributed by atoms with Crippen molar-refractivity contribution in [2.24, 2.45) is 10.9 Å². The standard InChI is InChI=1S/C17H30N2O4/c1-4-23-17(20)18-16(13-7-5-6-8-13)19-14(11-21-2)9-10-15(19)12-22-3/h13-15H,4-12H2,1-3H3/b18-16+/t14-,15-/m1/s1. The number of hydrogen-bond donors (Lipinski definition) is 0. The fraction of sp³-hybridized carbons (Fsp3) is 0.882. The molecule has 0 unspecified atom stereocenters. The van der Waals surface area contributed by atoms with E-state index in [0.29, 0.717) is 25.7 Å². The normalized spacial score (nSPS) is 26.0. The van der Waals surface area contributed by atoms with E-state index in [0.717, 1.165) is 31.5 Å². The number of rotatable bonds is 6. The quantitative estimate of drug-likeness (QED) is 0.555. The second-order valence-corrected chi connectivity index (χ2v) is 6.35. The summed E-state index contributed by atoms with van der Waals surface area (Å²) in [5, 5.41) is 0. The third-order valence-corrected chi connectivity index (χ3v) is 4.80. The van der Waals surface area contributed by atoms with Crippen LogP contribution in [0.5, 0.6) is 0 Å². The van der Waals surface area contributed by atoms with E-state index in [4.69, 9.17) is 14.2 Å². The third-order valence-electron chi connectivity index (χ3n) is 4.80. The van der Waals surface area contributed by atoms with Gasteiger partial charge in [-0.25, -0.2) is 4.79 Å². The maximum atomic E-state index is 12.0. The number of methoxy groups -OCH3 is 2. The van der Waals surface area contributed by atoms with E-state index < -0.39 is 6.09 Å². The smallest absolute Gasteiger partial charge is 0.435 e. The number of likely N-dealkylation sites (tertiary alicyclic amines) is 1. The molecule has 1 saturated carbocycles. The summed E-state index contributed by atoms with van der Waals surface area (Å²) in [5.74, 6) is 1.23. The molecule has 2 aliphatic rings. The summed E-state index contributed by atoms with van der Waals surface area (Å²) in [6.45, 7) is 3.45. The SMILES string of the molecule is CCOC(=O)/N=C(\C1CCCC1)N1[C@@H](COC)CC[C@@H]1COC. The Hall–Kier alpha value is -1.14. The van der Waals surface area contributed by atoms with Gasteiger partial charge >= 0.3 is 6.09 Å². The minimum atomic E-state index is -0.478. The van der Waals surface area contributed by atoms with Crippen LogP contribution in [0.3, 0.4) is 0 Å². The van der Waals surface area contributed by atoms with E-state index in [2.05, 4.69) is 9.89 Å². The first-order valence-electron chi connectivity index (χ1n) is 8.72.